The highest BCUT2D eigenvalue weighted by Crippen LogP contribution is 2.42. The summed E-state index contributed by atoms with van der Waals surface area (Å²) in [5.74, 6) is -1.25. The molecule has 1 atom stereocenters. The molecule has 1 aliphatic heterocycles. The minimum atomic E-state index is -0.554. The zero-order valence-corrected chi connectivity index (χ0v) is 15.1. The van der Waals surface area contributed by atoms with Gasteiger partial charge in [-0.05, 0) is 42.5 Å². The van der Waals surface area contributed by atoms with E-state index in [9.17, 15) is 14.7 Å². The number of unbranched alkanes of at least 4 members (excludes halogenated alkanes) is 2. The van der Waals surface area contributed by atoms with Gasteiger partial charge < -0.3 is 14.4 Å². The maximum atomic E-state index is 12.9. The van der Waals surface area contributed by atoms with Gasteiger partial charge in [0, 0.05) is 11.4 Å². The van der Waals surface area contributed by atoms with Crippen LogP contribution in [0.3, 0.4) is 0 Å². The highest BCUT2D eigenvalue weighted by Gasteiger charge is 2.45. The van der Waals surface area contributed by atoms with Gasteiger partial charge in [-0.15, -0.1) is 11.3 Å². The Balaban J connectivity index is 2.02. The van der Waals surface area contributed by atoms with Crippen molar-refractivity contribution < 1.29 is 19.1 Å². The largest absolute Gasteiger partial charge is 0.503 e. The lowest BCUT2D eigenvalue weighted by molar-refractivity contribution is -0.129. The van der Waals surface area contributed by atoms with Crippen LogP contribution in [0.4, 0.5) is 0 Å². The summed E-state index contributed by atoms with van der Waals surface area (Å²) in [5.41, 5.74) is 1.12. The second kappa shape index (κ2) is 7.27. The van der Waals surface area contributed by atoms with Crippen LogP contribution in [0.25, 0.3) is 0 Å². The van der Waals surface area contributed by atoms with Crippen LogP contribution in [-0.2, 0) is 4.79 Å². The van der Waals surface area contributed by atoms with Gasteiger partial charge in [0.05, 0.1) is 17.9 Å². The van der Waals surface area contributed by atoms with Gasteiger partial charge in [0.25, 0.3) is 5.91 Å². The first-order valence-electron chi connectivity index (χ1n) is 8.42. The number of furan rings is 1. The number of amides is 1. The molecule has 0 bridgehead atoms. The minimum Gasteiger partial charge on any atom is -0.503 e. The van der Waals surface area contributed by atoms with E-state index in [-0.39, 0.29) is 11.3 Å². The third kappa shape index (κ3) is 3.14. The third-order valence-corrected chi connectivity index (χ3v) is 5.52. The fraction of sp³-hybridized carbons (Fsp3) is 0.368. The van der Waals surface area contributed by atoms with E-state index >= 15 is 0 Å². The molecular formula is C19H21NO4S. The summed E-state index contributed by atoms with van der Waals surface area (Å²) in [5, 5.41) is 12.4. The number of aryl methyl sites for hydroxylation is 1. The summed E-state index contributed by atoms with van der Waals surface area (Å²) in [6.07, 6.45) is 4.26. The van der Waals surface area contributed by atoms with Crippen LogP contribution in [0.15, 0.2) is 45.6 Å². The molecular weight excluding hydrogens is 338 g/mol. The van der Waals surface area contributed by atoms with Gasteiger partial charge in [0.15, 0.2) is 11.5 Å². The number of thiophene rings is 1. The standard InChI is InChI=1S/C19H21NO4S/c1-3-4-5-9-20-15(18-12(2)8-11-25-18)14(17(22)19(20)23)16(21)13-7-6-10-24-13/h6-8,10-11,15,22H,3-5,9H2,1-2H3. The first-order valence-corrected chi connectivity index (χ1v) is 9.30. The van der Waals surface area contributed by atoms with E-state index in [1.807, 2.05) is 18.4 Å². The smallest absolute Gasteiger partial charge is 0.290 e. The van der Waals surface area contributed by atoms with E-state index in [0.717, 1.165) is 29.7 Å². The lowest BCUT2D eigenvalue weighted by atomic mass is 9.98. The van der Waals surface area contributed by atoms with E-state index in [0.29, 0.717) is 6.54 Å². The van der Waals surface area contributed by atoms with E-state index in [1.54, 1.807) is 17.0 Å². The molecule has 0 fully saturated rings. The van der Waals surface area contributed by atoms with Gasteiger partial charge in [-0.2, -0.15) is 0 Å². The number of hydrogen-bond acceptors (Lipinski definition) is 5. The van der Waals surface area contributed by atoms with Crippen LogP contribution in [-0.4, -0.2) is 28.2 Å². The van der Waals surface area contributed by atoms with Crippen LogP contribution in [0.1, 0.15) is 53.2 Å². The molecule has 1 unspecified atom stereocenters. The first-order chi connectivity index (χ1) is 12.1. The Hall–Kier alpha value is -2.34. The van der Waals surface area contributed by atoms with E-state index in [1.165, 1.54) is 17.6 Å². The molecule has 132 valence electrons. The maximum absolute atomic E-state index is 12.9. The molecule has 0 radical (unpaired) electrons. The molecule has 3 rings (SSSR count). The molecule has 0 aromatic carbocycles. The second-order valence-electron chi connectivity index (χ2n) is 6.14. The van der Waals surface area contributed by atoms with Crippen LogP contribution in [0.2, 0.25) is 0 Å². The number of hydrogen-bond donors (Lipinski definition) is 1. The quantitative estimate of drug-likeness (QED) is 0.587. The van der Waals surface area contributed by atoms with Gasteiger partial charge >= 0.3 is 0 Å². The fourth-order valence-electron chi connectivity index (χ4n) is 3.13. The molecule has 0 spiro atoms. The Kier molecular flexibility index (Phi) is 5.08. The first kappa shape index (κ1) is 17.5. The maximum Gasteiger partial charge on any atom is 0.290 e. The molecule has 1 amide bonds. The van der Waals surface area contributed by atoms with Crippen LogP contribution < -0.4 is 0 Å². The Bertz CT molecular complexity index is 803. The predicted octanol–water partition coefficient (Wildman–Crippen LogP) is 4.42. The third-order valence-electron chi connectivity index (χ3n) is 4.45. The highest BCUT2D eigenvalue weighted by atomic mass is 32.1. The second-order valence-corrected chi connectivity index (χ2v) is 7.09. The number of carbonyl (C=O) groups excluding carboxylic acids is 2. The van der Waals surface area contributed by atoms with Crippen molar-refractivity contribution in [2.75, 3.05) is 6.54 Å². The monoisotopic (exact) mass is 359 g/mol. The summed E-state index contributed by atoms with van der Waals surface area (Å²) >= 11 is 1.49. The number of aliphatic hydroxyl groups excluding tert-OH is 1. The molecule has 0 saturated carbocycles. The SMILES string of the molecule is CCCCCN1C(=O)C(O)=C(C(=O)c2ccco2)C1c1sccc1C. The fourth-order valence-corrected chi connectivity index (χ4v) is 4.17. The summed E-state index contributed by atoms with van der Waals surface area (Å²) in [6.45, 7) is 4.55. The topological polar surface area (TPSA) is 70.8 Å². The average Bonchev–Trinajstić information content (AvgIpc) is 3.31. The van der Waals surface area contributed by atoms with Crippen molar-refractivity contribution in [3.05, 3.63) is 57.4 Å². The minimum absolute atomic E-state index is 0.113. The van der Waals surface area contributed by atoms with Crippen molar-refractivity contribution in [3.8, 4) is 0 Å². The van der Waals surface area contributed by atoms with Crippen molar-refractivity contribution in [2.24, 2.45) is 0 Å². The normalized spacial score (nSPS) is 17.6. The number of carbonyl (C=O) groups is 2. The molecule has 2 aromatic heterocycles. The number of aliphatic hydroxyl groups is 1. The molecule has 2 aromatic rings. The number of nitrogens with zero attached hydrogens (tertiary/aromatic N) is 1. The molecule has 3 heterocycles. The summed E-state index contributed by atoms with van der Waals surface area (Å²) < 4.78 is 5.20. The zero-order valence-electron chi connectivity index (χ0n) is 14.3. The molecule has 6 heteroatoms. The van der Waals surface area contributed by atoms with Gasteiger partial charge in [-0.1, -0.05) is 19.8 Å². The van der Waals surface area contributed by atoms with E-state index in [4.69, 9.17) is 4.42 Å². The summed E-state index contributed by atoms with van der Waals surface area (Å²) in [4.78, 5) is 28.0. The van der Waals surface area contributed by atoms with Crippen LogP contribution >= 0.6 is 11.3 Å². The van der Waals surface area contributed by atoms with Crippen molar-refractivity contribution >= 4 is 23.0 Å². The summed E-state index contributed by atoms with van der Waals surface area (Å²) in [6, 6.07) is 4.57. The number of rotatable bonds is 7. The molecule has 0 saturated heterocycles. The van der Waals surface area contributed by atoms with Crippen LogP contribution in [0, 0.1) is 6.92 Å². The zero-order chi connectivity index (χ0) is 18.0. The molecule has 1 aliphatic rings. The van der Waals surface area contributed by atoms with E-state index in [2.05, 4.69) is 6.92 Å². The van der Waals surface area contributed by atoms with Crippen molar-refractivity contribution in [1.29, 1.82) is 0 Å². The Morgan fingerprint density at radius 1 is 1.36 bits per heavy atom. The van der Waals surface area contributed by atoms with Gasteiger partial charge in [0.1, 0.15) is 0 Å². The summed E-state index contributed by atoms with van der Waals surface area (Å²) in [7, 11) is 0. The highest BCUT2D eigenvalue weighted by molar-refractivity contribution is 7.10. The van der Waals surface area contributed by atoms with Gasteiger partial charge in [0.2, 0.25) is 5.78 Å². The number of ketones is 1. The lowest BCUT2D eigenvalue weighted by Gasteiger charge is -2.26. The number of Topliss-reactive ketones (excluding diaryl/α,β-unsaturated/α-hetero) is 1. The van der Waals surface area contributed by atoms with Crippen LogP contribution in [0.5, 0.6) is 0 Å². The molecule has 0 aliphatic carbocycles. The molecule has 25 heavy (non-hydrogen) atoms. The van der Waals surface area contributed by atoms with E-state index < -0.39 is 23.5 Å². The Morgan fingerprint density at radius 2 is 2.16 bits per heavy atom. The van der Waals surface area contributed by atoms with Crippen molar-refractivity contribution in [2.45, 2.75) is 39.2 Å². The predicted molar refractivity (Wildman–Crippen MR) is 95.7 cm³/mol. The van der Waals surface area contributed by atoms with Gasteiger partial charge in [-0.25, -0.2) is 0 Å². The lowest BCUT2D eigenvalue weighted by Crippen LogP contribution is -2.32. The van der Waals surface area contributed by atoms with Gasteiger partial charge in [-0.3, -0.25) is 9.59 Å². The Morgan fingerprint density at radius 3 is 2.76 bits per heavy atom. The molecule has 1 N–H and O–H groups in total. The Labute approximate surface area is 150 Å². The molecule has 5 nitrogen and oxygen atoms in total. The van der Waals surface area contributed by atoms with Crippen molar-refractivity contribution in [1.82, 2.24) is 4.90 Å². The van der Waals surface area contributed by atoms with Crippen molar-refractivity contribution in [3.63, 3.8) is 0 Å². The average molecular weight is 359 g/mol.